The number of nitrogens with two attached hydrogens (primary N) is 1. The van der Waals surface area contributed by atoms with E-state index in [1.165, 1.54) is 52.1 Å². The largest absolute Gasteiger partial charge is 0.467 e. The summed E-state index contributed by atoms with van der Waals surface area (Å²) < 4.78 is 6.23. The van der Waals surface area contributed by atoms with E-state index in [2.05, 4.69) is 31.9 Å². The molecule has 1 amide bonds. The highest BCUT2D eigenvalue weighted by Gasteiger charge is 2.18. The molecule has 2 rings (SSSR count). The smallest absolute Gasteiger partial charge is 0.328 e. The lowest BCUT2D eigenvalue weighted by Gasteiger charge is -2.12. The second kappa shape index (κ2) is 13.1. The summed E-state index contributed by atoms with van der Waals surface area (Å²) in [5.41, 5.74) is 7.03. The summed E-state index contributed by atoms with van der Waals surface area (Å²) in [6, 6.07) is -0.732. The summed E-state index contributed by atoms with van der Waals surface area (Å²) in [4.78, 5) is 36.7. The predicted octanol–water partition coefficient (Wildman–Crippen LogP) is 3.32. The Hall–Kier alpha value is -2.36. The van der Waals surface area contributed by atoms with Crippen LogP contribution < -0.4 is 11.1 Å². The Morgan fingerprint density at radius 2 is 1.84 bits per heavy atom. The van der Waals surface area contributed by atoms with Crippen LogP contribution in [0.3, 0.4) is 0 Å². The number of imidazole rings is 1. The predicted molar refractivity (Wildman–Crippen MR) is 123 cm³/mol. The van der Waals surface area contributed by atoms with Crippen molar-refractivity contribution in [2.45, 2.75) is 82.8 Å². The van der Waals surface area contributed by atoms with Gasteiger partial charge in [0, 0.05) is 0 Å². The van der Waals surface area contributed by atoms with Crippen LogP contribution in [0, 0.1) is 0 Å². The Morgan fingerprint density at radius 3 is 2.52 bits per heavy atom. The Labute approximate surface area is 187 Å². The number of hydrogen-bond acceptors (Lipinski definition) is 8. The van der Waals surface area contributed by atoms with E-state index < -0.39 is 12.0 Å². The molecule has 0 fully saturated rings. The van der Waals surface area contributed by atoms with E-state index in [4.69, 9.17) is 5.73 Å². The Kier molecular flexibility index (Phi) is 10.6. The zero-order valence-electron chi connectivity index (χ0n) is 18.7. The number of carbonyl (C=O) groups is 2. The SMILES string of the molecule is CCCCCCCCCCSc1nc(N)nc2c1ncn2CC(=O)N[C@H](C)C(=O)OC. The van der Waals surface area contributed by atoms with Crippen molar-refractivity contribution in [3.8, 4) is 0 Å². The highest BCUT2D eigenvalue weighted by atomic mass is 32.2. The Bertz CT molecular complexity index is 857. The van der Waals surface area contributed by atoms with Crippen LogP contribution in [-0.4, -0.2) is 50.3 Å². The van der Waals surface area contributed by atoms with Crippen molar-refractivity contribution < 1.29 is 14.3 Å². The fraction of sp³-hybridized carbons (Fsp3) is 0.667. The molecule has 2 aromatic heterocycles. The average molecular weight is 451 g/mol. The van der Waals surface area contributed by atoms with E-state index in [-0.39, 0.29) is 18.4 Å². The van der Waals surface area contributed by atoms with Gasteiger partial charge in [-0.15, -0.1) is 11.8 Å². The minimum Gasteiger partial charge on any atom is -0.467 e. The van der Waals surface area contributed by atoms with Crippen molar-refractivity contribution in [3.05, 3.63) is 6.33 Å². The molecule has 0 spiro atoms. The molecule has 0 aliphatic rings. The van der Waals surface area contributed by atoms with E-state index in [9.17, 15) is 9.59 Å². The van der Waals surface area contributed by atoms with Gasteiger partial charge in [0.25, 0.3) is 0 Å². The molecule has 0 saturated heterocycles. The summed E-state index contributed by atoms with van der Waals surface area (Å²) in [6.45, 7) is 3.77. The maximum absolute atomic E-state index is 12.3. The fourth-order valence-corrected chi connectivity index (χ4v) is 4.21. The number of hydrogen-bond donors (Lipinski definition) is 2. The van der Waals surface area contributed by atoms with Gasteiger partial charge in [-0.3, -0.25) is 4.79 Å². The molecule has 0 aliphatic heterocycles. The number of aromatic nitrogens is 4. The summed E-state index contributed by atoms with van der Waals surface area (Å²) in [5, 5.41) is 3.32. The molecular weight excluding hydrogens is 416 g/mol. The van der Waals surface area contributed by atoms with Gasteiger partial charge >= 0.3 is 5.97 Å². The molecule has 3 N–H and O–H groups in total. The number of anilines is 1. The Balaban J connectivity index is 1.89. The van der Waals surface area contributed by atoms with Crippen LogP contribution in [0.4, 0.5) is 5.95 Å². The van der Waals surface area contributed by atoms with Gasteiger partial charge in [-0.25, -0.2) is 14.8 Å². The van der Waals surface area contributed by atoms with Gasteiger partial charge < -0.3 is 20.4 Å². The molecule has 0 saturated carbocycles. The molecule has 172 valence electrons. The van der Waals surface area contributed by atoms with Crippen LogP contribution >= 0.6 is 11.8 Å². The van der Waals surface area contributed by atoms with Crippen LogP contribution in [0.1, 0.15) is 65.2 Å². The van der Waals surface area contributed by atoms with Crippen molar-refractivity contribution in [3.63, 3.8) is 0 Å². The number of amides is 1. The molecule has 0 radical (unpaired) electrons. The van der Waals surface area contributed by atoms with Gasteiger partial charge in [-0.05, 0) is 19.1 Å². The third-order valence-corrected chi connectivity index (χ3v) is 5.98. The second-order valence-electron chi connectivity index (χ2n) is 7.57. The third-order valence-electron chi connectivity index (χ3n) is 4.93. The molecule has 31 heavy (non-hydrogen) atoms. The lowest BCUT2D eigenvalue weighted by atomic mass is 10.1. The molecule has 2 heterocycles. The fourth-order valence-electron chi connectivity index (χ4n) is 3.23. The highest BCUT2D eigenvalue weighted by molar-refractivity contribution is 7.99. The number of fused-ring (bicyclic) bond motifs is 1. The van der Waals surface area contributed by atoms with E-state index in [1.807, 2.05) is 0 Å². The lowest BCUT2D eigenvalue weighted by Crippen LogP contribution is -2.40. The van der Waals surface area contributed by atoms with Crippen LogP contribution in [0.25, 0.3) is 11.2 Å². The van der Waals surface area contributed by atoms with Crippen LogP contribution in [0.15, 0.2) is 11.4 Å². The molecule has 0 aromatic carbocycles. The van der Waals surface area contributed by atoms with Gasteiger partial charge in [0.2, 0.25) is 11.9 Å². The number of nitrogens with zero attached hydrogens (tertiary/aromatic N) is 4. The average Bonchev–Trinajstić information content (AvgIpc) is 3.14. The first-order valence-electron chi connectivity index (χ1n) is 10.9. The first kappa shape index (κ1) is 24.9. The van der Waals surface area contributed by atoms with E-state index >= 15 is 0 Å². The number of unbranched alkanes of at least 4 members (excludes halogenated alkanes) is 7. The number of carbonyl (C=O) groups excluding carboxylic acids is 2. The van der Waals surface area contributed by atoms with E-state index in [0.717, 1.165) is 17.2 Å². The maximum atomic E-state index is 12.3. The molecule has 0 aliphatic carbocycles. The first-order valence-corrected chi connectivity index (χ1v) is 11.9. The normalized spacial score (nSPS) is 12.1. The zero-order chi connectivity index (χ0) is 22.6. The number of rotatable bonds is 14. The number of nitrogens with one attached hydrogen (secondary N) is 1. The van der Waals surface area contributed by atoms with Crippen molar-refractivity contribution >= 4 is 40.8 Å². The third kappa shape index (κ3) is 8.01. The topological polar surface area (TPSA) is 125 Å². The van der Waals surface area contributed by atoms with Crippen molar-refractivity contribution in [1.82, 2.24) is 24.8 Å². The minimum absolute atomic E-state index is 0.0313. The van der Waals surface area contributed by atoms with Crippen LogP contribution in [-0.2, 0) is 20.9 Å². The summed E-state index contributed by atoms with van der Waals surface area (Å²) >= 11 is 1.62. The van der Waals surface area contributed by atoms with Gasteiger partial charge in [-0.2, -0.15) is 4.98 Å². The zero-order valence-corrected chi connectivity index (χ0v) is 19.5. The molecule has 0 bridgehead atoms. The standard InChI is InChI=1S/C21H34N6O3S/c1-4-5-6-7-8-9-10-11-12-31-19-17-18(25-21(22)26-19)27(14-23-17)13-16(28)24-15(2)20(29)30-3/h14-15H,4-13H2,1-3H3,(H,24,28)(H2,22,25,26)/t15-/m1/s1. The minimum atomic E-state index is -0.732. The number of thioether (sulfide) groups is 1. The van der Waals surface area contributed by atoms with Gasteiger partial charge in [0.05, 0.1) is 13.4 Å². The van der Waals surface area contributed by atoms with Crippen molar-refractivity contribution in [2.75, 3.05) is 18.6 Å². The molecule has 1 atom stereocenters. The lowest BCUT2D eigenvalue weighted by molar-refractivity contribution is -0.144. The van der Waals surface area contributed by atoms with Gasteiger partial charge in [0.15, 0.2) is 5.65 Å². The second-order valence-corrected chi connectivity index (χ2v) is 8.65. The number of methoxy groups -OCH3 is 1. The van der Waals surface area contributed by atoms with E-state index in [1.54, 1.807) is 29.6 Å². The summed E-state index contributed by atoms with van der Waals surface area (Å²) in [5.74, 6) is 0.235. The number of ether oxygens (including phenoxy) is 1. The van der Waals surface area contributed by atoms with E-state index in [0.29, 0.717) is 11.2 Å². The molecular formula is C21H34N6O3S. The molecule has 0 unspecified atom stereocenters. The Morgan fingerprint density at radius 1 is 1.16 bits per heavy atom. The first-order chi connectivity index (χ1) is 15.0. The van der Waals surface area contributed by atoms with Crippen LogP contribution in [0.5, 0.6) is 0 Å². The van der Waals surface area contributed by atoms with Crippen LogP contribution in [0.2, 0.25) is 0 Å². The molecule has 10 heteroatoms. The van der Waals surface area contributed by atoms with Crippen molar-refractivity contribution in [1.29, 1.82) is 0 Å². The maximum Gasteiger partial charge on any atom is 0.328 e. The quantitative estimate of drug-likeness (QED) is 0.194. The molecule has 9 nitrogen and oxygen atoms in total. The summed E-state index contributed by atoms with van der Waals surface area (Å²) in [6.07, 6.45) is 11.7. The molecule has 2 aromatic rings. The van der Waals surface area contributed by atoms with Crippen molar-refractivity contribution in [2.24, 2.45) is 0 Å². The van der Waals surface area contributed by atoms with Gasteiger partial charge in [-0.1, -0.05) is 51.9 Å². The van der Waals surface area contributed by atoms with Gasteiger partial charge in [0.1, 0.15) is 23.1 Å². The summed E-state index contributed by atoms with van der Waals surface area (Å²) in [7, 11) is 1.28. The monoisotopic (exact) mass is 450 g/mol. The number of nitrogen functional groups attached to an aromatic ring is 1. The highest BCUT2D eigenvalue weighted by Crippen LogP contribution is 2.26. The number of esters is 1.